The Morgan fingerprint density at radius 2 is 1.81 bits per heavy atom. The van der Waals surface area contributed by atoms with Crippen molar-refractivity contribution in [2.45, 2.75) is 13.0 Å². The number of benzene rings is 2. The van der Waals surface area contributed by atoms with Gasteiger partial charge in [-0.05, 0) is 54.4 Å². The molecule has 0 bridgehead atoms. The summed E-state index contributed by atoms with van der Waals surface area (Å²) < 4.78 is 5.79. The standard InChI is InChI=1S/C26H28ClN7O3/c1-34(2)21-8-4-18(5-9-21)16-31-25(35)29-12-3-13-37-23-10-7-20(27)14-22(23)32-26(36)33-24-11-6-19(15-28)17-30-24/h4-11,14,17H,3,12-13,16H2,1-2H3,(H2,29,31,35)(H2,30,32,33,36). The van der Waals surface area contributed by atoms with Gasteiger partial charge >= 0.3 is 12.1 Å². The normalized spacial score (nSPS) is 10.1. The Kier molecular flexibility index (Phi) is 9.93. The third kappa shape index (κ3) is 8.91. The quantitative estimate of drug-likeness (QED) is 0.289. The molecule has 10 nitrogen and oxygen atoms in total. The Hall–Kier alpha value is -4.49. The summed E-state index contributed by atoms with van der Waals surface area (Å²) in [5, 5.41) is 20.2. The first-order valence-corrected chi connectivity index (χ1v) is 11.9. The lowest BCUT2D eigenvalue weighted by Gasteiger charge is -2.14. The van der Waals surface area contributed by atoms with E-state index in [0.717, 1.165) is 11.3 Å². The molecule has 3 rings (SSSR count). The van der Waals surface area contributed by atoms with Gasteiger partial charge in [0.05, 0.1) is 17.9 Å². The molecule has 2 aromatic carbocycles. The van der Waals surface area contributed by atoms with E-state index in [0.29, 0.717) is 48.1 Å². The number of carbonyl (C=O) groups is 2. The first-order valence-electron chi connectivity index (χ1n) is 11.5. The predicted molar refractivity (Wildman–Crippen MR) is 144 cm³/mol. The number of ether oxygens (including phenoxy) is 1. The predicted octanol–water partition coefficient (Wildman–Crippen LogP) is 4.58. The van der Waals surface area contributed by atoms with Crippen molar-refractivity contribution in [2.24, 2.45) is 0 Å². The molecule has 0 aliphatic carbocycles. The summed E-state index contributed by atoms with van der Waals surface area (Å²) >= 11 is 6.08. The van der Waals surface area contributed by atoms with Crippen molar-refractivity contribution in [3.63, 3.8) is 0 Å². The topological polar surface area (TPSA) is 131 Å². The molecule has 11 heteroatoms. The van der Waals surface area contributed by atoms with Crippen LogP contribution in [-0.2, 0) is 6.54 Å². The van der Waals surface area contributed by atoms with E-state index in [1.165, 1.54) is 12.3 Å². The number of nitrogens with zero attached hydrogens (tertiary/aromatic N) is 3. The number of pyridine rings is 1. The molecule has 0 spiro atoms. The van der Waals surface area contributed by atoms with Crippen LogP contribution in [-0.4, -0.2) is 44.3 Å². The molecule has 0 saturated carbocycles. The maximum absolute atomic E-state index is 12.4. The van der Waals surface area contributed by atoms with Gasteiger partial charge in [0.1, 0.15) is 17.6 Å². The summed E-state index contributed by atoms with van der Waals surface area (Å²) in [5.41, 5.74) is 2.87. The molecule has 0 aliphatic heterocycles. The Morgan fingerprint density at radius 3 is 2.49 bits per heavy atom. The summed E-state index contributed by atoms with van der Waals surface area (Å²) in [6, 6.07) is 17.1. The maximum Gasteiger partial charge on any atom is 0.324 e. The fourth-order valence-corrected chi connectivity index (χ4v) is 3.31. The first-order chi connectivity index (χ1) is 17.8. The molecule has 4 amide bonds. The second-order valence-corrected chi connectivity index (χ2v) is 8.57. The second-order valence-electron chi connectivity index (χ2n) is 8.14. The lowest BCUT2D eigenvalue weighted by atomic mass is 10.2. The van der Waals surface area contributed by atoms with Gasteiger partial charge in [0, 0.05) is 44.1 Å². The Labute approximate surface area is 220 Å². The second kappa shape index (κ2) is 13.6. The van der Waals surface area contributed by atoms with Gasteiger partial charge in [-0.1, -0.05) is 23.7 Å². The van der Waals surface area contributed by atoms with E-state index in [4.69, 9.17) is 21.6 Å². The Bertz CT molecular complexity index is 1240. The van der Waals surface area contributed by atoms with Gasteiger partial charge < -0.3 is 25.6 Å². The number of urea groups is 2. The van der Waals surface area contributed by atoms with Crippen molar-refractivity contribution in [2.75, 3.05) is 42.8 Å². The monoisotopic (exact) mass is 521 g/mol. The van der Waals surface area contributed by atoms with Gasteiger partial charge in [0.25, 0.3) is 0 Å². The summed E-state index contributed by atoms with van der Waals surface area (Å²) in [5.74, 6) is 0.717. The number of hydrogen-bond donors (Lipinski definition) is 4. The number of amides is 4. The maximum atomic E-state index is 12.4. The highest BCUT2D eigenvalue weighted by Crippen LogP contribution is 2.28. The molecular weight excluding hydrogens is 494 g/mol. The molecular formula is C26H28ClN7O3. The number of aromatic nitrogens is 1. The highest BCUT2D eigenvalue weighted by molar-refractivity contribution is 6.31. The SMILES string of the molecule is CN(C)c1ccc(CNC(=O)NCCCOc2ccc(Cl)cc2NC(=O)Nc2ccc(C#N)cn2)cc1. The Balaban J connectivity index is 1.40. The molecule has 0 saturated heterocycles. The highest BCUT2D eigenvalue weighted by atomic mass is 35.5. The van der Waals surface area contributed by atoms with Crippen LogP contribution in [0, 0.1) is 11.3 Å². The van der Waals surface area contributed by atoms with Crippen LogP contribution in [0.2, 0.25) is 5.02 Å². The van der Waals surface area contributed by atoms with Crippen molar-refractivity contribution >= 4 is 40.9 Å². The van der Waals surface area contributed by atoms with E-state index in [2.05, 4.69) is 26.3 Å². The minimum atomic E-state index is -0.543. The summed E-state index contributed by atoms with van der Waals surface area (Å²) in [6.45, 7) is 1.14. The van der Waals surface area contributed by atoms with Crippen LogP contribution in [0.15, 0.2) is 60.8 Å². The van der Waals surface area contributed by atoms with Crippen molar-refractivity contribution in [1.29, 1.82) is 5.26 Å². The lowest BCUT2D eigenvalue weighted by molar-refractivity contribution is 0.238. The van der Waals surface area contributed by atoms with E-state index in [-0.39, 0.29) is 11.8 Å². The van der Waals surface area contributed by atoms with Crippen molar-refractivity contribution in [3.8, 4) is 11.8 Å². The van der Waals surface area contributed by atoms with Crippen LogP contribution in [0.25, 0.3) is 0 Å². The Morgan fingerprint density at radius 1 is 1.03 bits per heavy atom. The fourth-order valence-electron chi connectivity index (χ4n) is 3.14. The van der Waals surface area contributed by atoms with Crippen LogP contribution in [0.4, 0.5) is 26.8 Å². The molecule has 0 unspecified atom stereocenters. The largest absolute Gasteiger partial charge is 0.491 e. The smallest absolute Gasteiger partial charge is 0.324 e. The highest BCUT2D eigenvalue weighted by Gasteiger charge is 2.10. The molecule has 0 atom stereocenters. The number of nitrogens with one attached hydrogen (secondary N) is 4. The molecule has 192 valence electrons. The summed E-state index contributed by atoms with van der Waals surface area (Å²) in [7, 11) is 3.95. The number of hydrogen-bond acceptors (Lipinski definition) is 6. The van der Waals surface area contributed by atoms with Crippen LogP contribution in [0.5, 0.6) is 5.75 Å². The summed E-state index contributed by atoms with van der Waals surface area (Å²) in [6.07, 6.45) is 1.91. The zero-order valence-corrected chi connectivity index (χ0v) is 21.3. The van der Waals surface area contributed by atoms with Crippen molar-refractivity contribution in [3.05, 3.63) is 76.9 Å². The molecule has 4 N–H and O–H groups in total. The lowest BCUT2D eigenvalue weighted by Crippen LogP contribution is -2.36. The van der Waals surface area contributed by atoms with Crippen LogP contribution >= 0.6 is 11.6 Å². The van der Waals surface area contributed by atoms with Gasteiger partial charge in [-0.2, -0.15) is 5.26 Å². The summed E-state index contributed by atoms with van der Waals surface area (Å²) in [4.78, 5) is 30.5. The van der Waals surface area contributed by atoms with E-state index in [9.17, 15) is 9.59 Å². The molecule has 0 fully saturated rings. The van der Waals surface area contributed by atoms with Crippen molar-refractivity contribution < 1.29 is 14.3 Å². The van der Waals surface area contributed by atoms with Gasteiger partial charge in [0.15, 0.2) is 0 Å². The zero-order valence-electron chi connectivity index (χ0n) is 20.5. The fraction of sp³-hybridized carbons (Fsp3) is 0.231. The van der Waals surface area contributed by atoms with E-state index < -0.39 is 6.03 Å². The van der Waals surface area contributed by atoms with Gasteiger partial charge in [-0.3, -0.25) is 5.32 Å². The average Bonchev–Trinajstić information content (AvgIpc) is 2.89. The van der Waals surface area contributed by atoms with Crippen molar-refractivity contribution in [1.82, 2.24) is 15.6 Å². The molecule has 1 heterocycles. The molecule has 3 aromatic rings. The first kappa shape index (κ1) is 27.1. The van der Waals surface area contributed by atoms with Crippen LogP contribution < -0.4 is 30.9 Å². The molecule has 0 radical (unpaired) electrons. The number of nitriles is 1. The minimum Gasteiger partial charge on any atom is -0.491 e. The van der Waals surface area contributed by atoms with Gasteiger partial charge in [0.2, 0.25) is 0 Å². The van der Waals surface area contributed by atoms with Crippen LogP contribution in [0.1, 0.15) is 17.5 Å². The minimum absolute atomic E-state index is 0.265. The van der Waals surface area contributed by atoms with E-state index >= 15 is 0 Å². The average molecular weight is 522 g/mol. The number of halogens is 1. The third-order valence-corrected chi connectivity index (χ3v) is 5.33. The number of anilines is 3. The third-order valence-electron chi connectivity index (χ3n) is 5.09. The van der Waals surface area contributed by atoms with Gasteiger partial charge in [-0.15, -0.1) is 0 Å². The molecule has 0 aliphatic rings. The number of carbonyl (C=O) groups excluding carboxylic acids is 2. The van der Waals surface area contributed by atoms with Crippen LogP contribution in [0.3, 0.4) is 0 Å². The number of rotatable bonds is 10. The van der Waals surface area contributed by atoms with Gasteiger partial charge in [-0.25, -0.2) is 14.6 Å². The van der Waals surface area contributed by atoms with E-state index in [1.54, 1.807) is 24.3 Å². The molecule has 37 heavy (non-hydrogen) atoms. The van der Waals surface area contributed by atoms with E-state index in [1.807, 2.05) is 49.3 Å². The zero-order chi connectivity index (χ0) is 26.6. The molecule has 1 aromatic heterocycles.